The van der Waals surface area contributed by atoms with E-state index in [4.69, 9.17) is 0 Å². The molecule has 0 unspecified atom stereocenters. The summed E-state index contributed by atoms with van der Waals surface area (Å²) in [5, 5.41) is 0. The Kier molecular flexibility index (Phi) is 6.25. The fourth-order valence-electron chi connectivity index (χ4n) is 0.177. The van der Waals surface area contributed by atoms with Gasteiger partial charge in [0.2, 0.25) is 12.2 Å². The van der Waals surface area contributed by atoms with Crippen LogP contribution in [-0.4, -0.2) is 57.6 Å². The SMILES string of the molecule is C1=COSN=C1.[K]. The molecule has 0 amide bonds. The maximum Gasteiger partial charge on any atom is 0.200 e. The van der Waals surface area contributed by atoms with Gasteiger partial charge < -0.3 is 4.18 Å². The number of rotatable bonds is 0. The quantitative estimate of drug-likeness (QED) is 0.282. The molecule has 0 aromatic rings. The van der Waals surface area contributed by atoms with Gasteiger partial charge >= 0.3 is 0 Å². The van der Waals surface area contributed by atoms with Crippen molar-refractivity contribution in [3.05, 3.63) is 12.3 Å². The van der Waals surface area contributed by atoms with E-state index in [0.717, 1.165) is 12.2 Å². The van der Waals surface area contributed by atoms with Gasteiger partial charge in [0, 0.05) is 57.6 Å². The zero-order valence-electron chi connectivity index (χ0n) is 4.00. The van der Waals surface area contributed by atoms with Crippen LogP contribution in [0.2, 0.25) is 0 Å². The summed E-state index contributed by atoms with van der Waals surface area (Å²) in [6.07, 6.45) is 4.99. The molecule has 0 spiro atoms. The van der Waals surface area contributed by atoms with E-state index >= 15 is 0 Å². The van der Waals surface area contributed by atoms with Crippen molar-refractivity contribution in [3.8, 4) is 0 Å². The van der Waals surface area contributed by atoms with Gasteiger partial charge in [0.15, 0.2) is 0 Å². The van der Waals surface area contributed by atoms with Gasteiger partial charge in [-0.2, -0.15) is 4.40 Å². The Bertz CT molecular complexity index is 80.9. The number of allylic oxidation sites excluding steroid dienone is 1. The predicted molar refractivity (Wildman–Crippen MR) is 32.1 cm³/mol. The summed E-state index contributed by atoms with van der Waals surface area (Å²) in [6, 6.07) is 0. The summed E-state index contributed by atoms with van der Waals surface area (Å²) in [7, 11) is 0. The van der Waals surface area contributed by atoms with Crippen LogP contribution >= 0.6 is 12.2 Å². The van der Waals surface area contributed by atoms with E-state index < -0.39 is 0 Å². The summed E-state index contributed by atoms with van der Waals surface area (Å²) >= 11 is 1.08. The Morgan fingerprint density at radius 1 is 1.57 bits per heavy atom. The topological polar surface area (TPSA) is 21.6 Å². The van der Waals surface area contributed by atoms with Crippen molar-refractivity contribution in [3.63, 3.8) is 0 Å². The molecule has 1 aliphatic rings. The Hall–Kier alpha value is 1.20. The second-order valence-corrected chi connectivity index (χ2v) is 1.31. The van der Waals surface area contributed by atoms with Gasteiger partial charge in [-0.1, -0.05) is 0 Å². The van der Waals surface area contributed by atoms with E-state index in [1.54, 1.807) is 18.6 Å². The van der Waals surface area contributed by atoms with Crippen molar-refractivity contribution in [1.82, 2.24) is 0 Å². The van der Waals surface area contributed by atoms with E-state index in [1.165, 1.54) is 0 Å². The zero-order valence-corrected chi connectivity index (χ0v) is 7.94. The standard InChI is InChI=1S/C3H3NOS.K/c1-2-4-6-5-3-1;/h1-3H;. The van der Waals surface area contributed by atoms with Gasteiger partial charge in [-0.05, 0) is 6.08 Å². The summed E-state index contributed by atoms with van der Waals surface area (Å²) in [6.45, 7) is 0. The molecule has 0 aromatic carbocycles. The van der Waals surface area contributed by atoms with E-state index in [9.17, 15) is 0 Å². The normalized spacial score (nSPS) is 14.9. The van der Waals surface area contributed by atoms with E-state index in [2.05, 4.69) is 8.58 Å². The Balaban J connectivity index is 0.000000360. The maximum absolute atomic E-state index is 4.61. The molecule has 1 aliphatic heterocycles. The van der Waals surface area contributed by atoms with Gasteiger partial charge in [-0.15, -0.1) is 0 Å². The molecule has 4 heteroatoms. The third-order valence-corrected chi connectivity index (χ3v) is 0.772. The van der Waals surface area contributed by atoms with Crippen LogP contribution in [-0.2, 0) is 4.18 Å². The van der Waals surface area contributed by atoms with Crippen LogP contribution < -0.4 is 0 Å². The van der Waals surface area contributed by atoms with Crippen LogP contribution in [0.4, 0.5) is 0 Å². The molecule has 33 valence electrons. The van der Waals surface area contributed by atoms with Crippen molar-refractivity contribution in [2.24, 2.45) is 4.40 Å². The molecule has 0 fully saturated rings. The number of hydrogen-bond donors (Lipinski definition) is 0. The predicted octanol–water partition coefficient (Wildman–Crippen LogP) is 0.783. The first kappa shape index (κ1) is 8.20. The molecule has 0 saturated heterocycles. The van der Waals surface area contributed by atoms with Crippen molar-refractivity contribution >= 4 is 69.8 Å². The average molecular weight is 140 g/mol. The molecule has 7 heavy (non-hydrogen) atoms. The van der Waals surface area contributed by atoms with E-state index in [-0.39, 0.29) is 51.4 Å². The monoisotopic (exact) mass is 140 g/mol. The van der Waals surface area contributed by atoms with Gasteiger partial charge in [0.1, 0.15) is 6.26 Å². The van der Waals surface area contributed by atoms with E-state index in [1.807, 2.05) is 0 Å². The van der Waals surface area contributed by atoms with Crippen LogP contribution in [0.15, 0.2) is 16.7 Å². The third-order valence-electron chi connectivity index (χ3n) is 0.367. The van der Waals surface area contributed by atoms with Gasteiger partial charge in [0.25, 0.3) is 0 Å². The van der Waals surface area contributed by atoms with Crippen LogP contribution in [0, 0.1) is 0 Å². The van der Waals surface area contributed by atoms with E-state index in [0.29, 0.717) is 0 Å². The molecular weight excluding hydrogens is 137 g/mol. The van der Waals surface area contributed by atoms with Crippen molar-refractivity contribution in [2.45, 2.75) is 0 Å². The molecule has 0 bridgehead atoms. The van der Waals surface area contributed by atoms with Crippen LogP contribution in [0.1, 0.15) is 0 Å². The molecule has 0 atom stereocenters. The molecular formula is C3H3KNOS. The first-order valence-electron chi connectivity index (χ1n) is 1.51. The molecule has 0 aliphatic carbocycles. The summed E-state index contributed by atoms with van der Waals surface area (Å²) in [5.74, 6) is 0. The first-order chi connectivity index (χ1) is 3.00. The zero-order chi connectivity index (χ0) is 4.24. The van der Waals surface area contributed by atoms with Gasteiger partial charge in [-0.25, -0.2) is 0 Å². The van der Waals surface area contributed by atoms with Gasteiger partial charge in [0.05, 0.1) is 0 Å². The molecule has 0 aromatic heterocycles. The first-order valence-corrected chi connectivity index (χ1v) is 2.21. The minimum atomic E-state index is 0. The van der Waals surface area contributed by atoms with Crippen LogP contribution in [0.25, 0.3) is 0 Å². The summed E-state index contributed by atoms with van der Waals surface area (Å²) in [5.41, 5.74) is 0. The molecule has 1 rings (SSSR count). The van der Waals surface area contributed by atoms with Crippen LogP contribution in [0.3, 0.4) is 0 Å². The Labute approximate surface area is 89.2 Å². The van der Waals surface area contributed by atoms with Crippen molar-refractivity contribution in [1.29, 1.82) is 0 Å². The Morgan fingerprint density at radius 2 is 2.43 bits per heavy atom. The Morgan fingerprint density at radius 3 is 2.57 bits per heavy atom. The fraction of sp³-hybridized carbons (Fsp3) is 0. The summed E-state index contributed by atoms with van der Waals surface area (Å²) < 4.78 is 8.27. The fourth-order valence-corrected chi connectivity index (χ4v) is 0.460. The molecule has 0 N–H and O–H groups in total. The summed E-state index contributed by atoms with van der Waals surface area (Å²) in [4.78, 5) is 0. The average Bonchev–Trinajstić information content (AvgIpc) is 1.72. The molecule has 1 radical (unpaired) electrons. The number of hydrogen-bond acceptors (Lipinski definition) is 3. The second-order valence-electron chi connectivity index (χ2n) is 0.754. The maximum atomic E-state index is 4.61. The molecule has 2 nitrogen and oxygen atoms in total. The smallest absolute Gasteiger partial charge is 0.200 e. The van der Waals surface area contributed by atoms with Crippen LogP contribution in [0.5, 0.6) is 0 Å². The van der Waals surface area contributed by atoms with Crippen molar-refractivity contribution < 1.29 is 4.18 Å². The van der Waals surface area contributed by atoms with Gasteiger partial charge in [-0.3, -0.25) is 0 Å². The third kappa shape index (κ3) is 3.75. The largest absolute Gasteiger partial charge is 0.412 e. The second kappa shape index (κ2) is 5.34. The van der Waals surface area contributed by atoms with Crippen molar-refractivity contribution in [2.75, 3.05) is 0 Å². The minimum Gasteiger partial charge on any atom is -0.412 e. The molecule has 1 heterocycles. The molecule has 0 saturated carbocycles. The number of nitrogens with zero attached hydrogens (tertiary/aromatic N) is 1. The minimum absolute atomic E-state index is 0.